The van der Waals surface area contributed by atoms with E-state index in [1.807, 2.05) is 0 Å². The molecule has 0 amide bonds. The van der Waals surface area contributed by atoms with Gasteiger partial charge in [-0.3, -0.25) is 9.59 Å². The van der Waals surface area contributed by atoms with Gasteiger partial charge in [-0.15, -0.1) is 0 Å². The standard InChI is InChI=1S/C12H25.C4H6O4.2Na.H/c1-3-5-7-9-11-12-10-8-6-4-2;5-3(6)1-2-4(7)8;;;/h1,3-12H2,2H3;1-2H2,(H,5,6)(H,7,8);;;. The Balaban J connectivity index is -0.000000348. The van der Waals surface area contributed by atoms with Crippen LogP contribution in [0.4, 0.5) is 0 Å². The minimum absolute atomic E-state index is 0. The SMILES string of the molecule is CCCCCCCCCCC[CH2][Na].O=C(O)CCC(=O)O.[NaH]. The Labute approximate surface area is 175 Å². The molecule has 0 aliphatic rings. The first-order chi connectivity index (χ1) is 10.0. The van der Waals surface area contributed by atoms with Crippen molar-refractivity contribution in [3.8, 4) is 0 Å². The first kappa shape index (κ1) is 27.8. The molecule has 0 unspecified atom stereocenters. The fourth-order valence-electron chi connectivity index (χ4n) is 1.95. The zero-order chi connectivity index (χ0) is 16.3. The zero-order valence-corrected chi connectivity index (χ0v) is 15.9. The maximum absolute atomic E-state index is 9.64. The van der Waals surface area contributed by atoms with E-state index in [9.17, 15) is 9.59 Å². The van der Waals surface area contributed by atoms with Crippen LogP contribution in [0.3, 0.4) is 0 Å². The second kappa shape index (κ2) is 24.2. The minimum atomic E-state index is -1.08. The second-order valence-corrected chi connectivity index (χ2v) is 6.47. The molecule has 0 aromatic carbocycles. The molecule has 0 atom stereocenters. The molecule has 0 fully saturated rings. The fraction of sp³-hybridized carbons (Fsp3) is 0.875. The second-order valence-electron chi connectivity index (χ2n) is 5.47. The van der Waals surface area contributed by atoms with E-state index >= 15 is 0 Å². The fourth-order valence-corrected chi connectivity index (χ4v) is 2.45. The molecule has 0 aliphatic heterocycles. The zero-order valence-electron chi connectivity index (χ0n) is 13.9. The average molecular weight is 334 g/mol. The van der Waals surface area contributed by atoms with Gasteiger partial charge >= 0.3 is 144 Å². The van der Waals surface area contributed by atoms with Crippen molar-refractivity contribution in [2.75, 3.05) is 0 Å². The molecule has 0 rings (SSSR count). The molecule has 22 heavy (non-hydrogen) atoms. The number of hydrogen-bond acceptors (Lipinski definition) is 2. The molecule has 0 saturated carbocycles. The van der Waals surface area contributed by atoms with Gasteiger partial charge < -0.3 is 10.2 Å². The summed E-state index contributed by atoms with van der Waals surface area (Å²) in [5, 5.41) is 15.8. The summed E-state index contributed by atoms with van der Waals surface area (Å²) in [4.78, 5) is 19.3. The summed E-state index contributed by atoms with van der Waals surface area (Å²) < 4.78 is 1.51. The predicted octanol–water partition coefficient (Wildman–Crippen LogP) is 3.78. The third-order valence-electron chi connectivity index (χ3n) is 3.26. The summed E-state index contributed by atoms with van der Waals surface area (Å²) in [7, 11) is 0. The van der Waals surface area contributed by atoms with E-state index < -0.39 is 11.9 Å². The van der Waals surface area contributed by atoms with Crippen molar-refractivity contribution in [1.82, 2.24) is 0 Å². The van der Waals surface area contributed by atoms with Gasteiger partial charge in [0.1, 0.15) is 0 Å². The van der Waals surface area contributed by atoms with Crippen molar-refractivity contribution in [2.45, 2.75) is 87.6 Å². The number of carbonyl (C=O) groups is 2. The Morgan fingerprint density at radius 3 is 1.32 bits per heavy atom. The normalized spacial score (nSPS) is 9.41. The molecule has 0 aliphatic carbocycles. The summed E-state index contributed by atoms with van der Waals surface area (Å²) in [6.45, 7) is 2.29. The molecule has 0 radical (unpaired) electrons. The van der Waals surface area contributed by atoms with Crippen molar-refractivity contribution in [1.29, 1.82) is 0 Å². The molecule has 0 aromatic heterocycles. The van der Waals surface area contributed by atoms with E-state index in [4.69, 9.17) is 10.2 Å². The van der Waals surface area contributed by atoms with Gasteiger partial charge in [0, 0.05) is 0 Å². The summed E-state index contributed by atoms with van der Waals surface area (Å²) in [5.41, 5.74) is 0. The van der Waals surface area contributed by atoms with Crippen molar-refractivity contribution in [2.24, 2.45) is 0 Å². The van der Waals surface area contributed by atoms with Crippen molar-refractivity contribution < 1.29 is 19.8 Å². The van der Waals surface area contributed by atoms with Gasteiger partial charge in [0.05, 0.1) is 12.8 Å². The molecule has 122 valence electrons. The quantitative estimate of drug-likeness (QED) is 0.397. The Morgan fingerprint density at radius 2 is 1.05 bits per heavy atom. The van der Waals surface area contributed by atoms with Crippen LogP contribution in [0.1, 0.15) is 84.0 Å². The average Bonchev–Trinajstić information content (AvgIpc) is 2.44. The van der Waals surface area contributed by atoms with Gasteiger partial charge in [0.2, 0.25) is 0 Å². The van der Waals surface area contributed by atoms with Gasteiger partial charge in [-0.25, -0.2) is 0 Å². The molecule has 4 nitrogen and oxygen atoms in total. The molecule has 0 aromatic rings. The van der Waals surface area contributed by atoms with Crippen LogP contribution in [-0.4, -0.2) is 79.6 Å². The van der Waals surface area contributed by atoms with Gasteiger partial charge in [-0.2, -0.15) is 0 Å². The summed E-state index contributed by atoms with van der Waals surface area (Å²) in [6, 6.07) is 0. The Morgan fingerprint density at radius 1 is 0.727 bits per heavy atom. The number of carboxylic acids is 2. The Bertz CT molecular complexity index is 224. The monoisotopic (exact) mass is 334 g/mol. The summed E-state index contributed by atoms with van der Waals surface area (Å²) in [6.07, 6.45) is 14.1. The number of unbranched alkanes of at least 4 members (excludes halogenated alkanes) is 9. The molecule has 6 heteroatoms. The first-order valence-corrected chi connectivity index (χ1v) is 9.89. The van der Waals surface area contributed by atoms with E-state index in [0.717, 1.165) is 0 Å². The van der Waals surface area contributed by atoms with Gasteiger partial charge in [-0.1, -0.05) is 0 Å². The predicted molar refractivity (Wildman–Crippen MR) is 94.1 cm³/mol. The third kappa shape index (κ3) is 32.8. The molecule has 0 saturated heterocycles. The van der Waals surface area contributed by atoms with Crippen LogP contribution in [0.2, 0.25) is 3.67 Å². The molecule has 0 spiro atoms. The van der Waals surface area contributed by atoms with E-state index in [1.54, 1.807) is 0 Å². The van der Waals surface area contributed by atoms with E-state index in [2.05, 4.69) is 6.92 Å². The third-order valence-corrected chi connectivity index (χ3v) is 3.97. The van der Waals surface area contributed by atoms with Crippen molar-refractivity contribution >= 4 is 69.4 Å². The van der Waals surface area contributed by atoms with Crippen LogP contribution in [0.25, 0.3) is 0 Å². The first-order valence-electron chi connectivity index (χ1n) is 8.48. The van der Waals surface area contributed by atoms with E-state index in [0.29, 0.717) is 0 Å². The Kier molecular flexibility index (Phi) is 30.5. The van der Waals surface area contributed by atoms with Crippen LogP contribution in [0.5, 0.6) is 0 Å². The van der Waals surface area contributed by atoms with Crippen LogP contribution in [0.15, 0.2) is 0 Å². The van der Waals surface area contributed by atoms with E-state index in [1.165, 1.54) is 95.8 Å². The van der Waals surface area contributed by atoms with Gasteiger partial charge in [0.15, 0.2) is 0 Å². The molecular formula is C16H32Na2O4. The molecule has 0 heterocycles. The van der Waals surface area contributed by atoms with Crippen LogP contribution in [-0.2, 0) is 9.59 Å². The van der Waals surface area contributed by atoms with Crippen LogP contribution in [0, 0.1) is 0 Å². The number of aliphatic carboxylic acids is 2. The molecule has 2 N–H and O–H groups in total. The van der Waals surface area contributed by atoms with Gasteiger partial charge in [-0.05, 0) is 0 Å². The van der Waals surface area contributed by atoms with Crippen molar-refractivity contribution in [3.63, 3.8) is 0 Å². The van der Waals surface area contributed by atoms with Crippen LogP contribution >= 0.6 is 0 Å². The Hall–Kier alpha value is 0.940. The summed E-state index contributed by atoms with van der Waals surface area (Å²) >= 11 is 1.41. The molecule has 0 bridgehead atoms. The maximum atomic E-state index is 9.64. The van der Waals surface area contributed by atoms with Gasteiger partial charge in [0.25, 0.3) is 0 Å². The van der Waals surface area contributed by atoms with E-state index in [-0.39, 0.29) is 42.4 Å². The number of carboxylic acid groups (broad SMARTS) is 2. The van der Waals surface area contributed by atoms with Crippen molar-refractivity contribution in [3.05, 3.63) is 0 Å². The van der Waals surface area contributed by atoms with Crippen LogP contribution < -0.4 is 0 Å². The topological polar surface area (TPSA) is 74.6 Å². The number of hydrogen-bond donors (Lipinski definition) is 2. The number of rotatable bonds is 13. The molecular weight excluding hydrogens is 302 g/mol. The summed E-state index contributed by atoms with van der Waals surface area (Å²) in [5.74, 6) is -2.15.